The van der Waals surface area contributed by atoms with Gasteiger partial charge in [-0.1, -0.05) is 24.3 Å². The normalized spacial score (nSPS) is 11.2. The van der Waals surface area contributed by atoms with Gasteiger partial charge in [0.2, 0.25) is 0 Å². The van der Waals surface area contributed by atoms with Gasteiger partial charge in [-0.15, -0.1) is 0 Å². The Bertz CT molecular complexity index is 169. The number of carbonyl (C=O) groups excluding carboxylic acids is 1. The van der Waals surface area contributed by atoms with Gasteiger partial charge in [-0.2, -0.15) is 0 Å². The summed E-state index contributed by atoms with van der Waals surface area (Å²) in [5.41, 5.74) is 0. The molecule has 0 aliphatic carbocycles. The SMILES string of the molecule is C/C=C\C=C/CCCC(=O)OC. The summed E-state index contributed by atoms with van der Waals surface area (Å²) >= 11 is 0. The van der Waals surface area contributed by atoms with Crippen LogP contribution >= 0.6 is 0 Å². The highest BCUT2D eigenvalue weighted by molar-refractivity contribution is 5.68. The lowest BCUT2D eigenvalue weighted by molar-refractivity contribution is -0.140. The van der Waals surface area contributed by atoms with Crippen LogP contribution in [0.15, 0.2) is 24.3 Å². The maximum Gasteiger partial charge on any atom is 0.305 e. The van der Waals surface area contributed by atoms with E-state index in [9.17, 15) is 4.79 Å². The molecule has 0 radical (unpaired) electrons. The van der Waals surface area contributed by atoms with E-state index in [0.717, 1.165) is 12.8 Å². The van der Waals surface area contributed by atoms with Crippen molar-refractivity contribution in [3.05, 3.63) is 24.3 Å². The number of rotatable bonds is 5. The van der Waals surface area contributed by atoms with Crippen LogP contribution in [0.2, 0.25) is 0 Å². The van der Waals surface area contributed by atoms with Gasteiger partial charge in [0.05, 0.1) is 7.11 Å². The highest BCUT2D eigenvalue weighted by atomic mass is 16.5. The molecule has 0 aliphatic heterocycles. The molecule has 2 nitrogen and oxygen atoms in total. The van der Waals surface area contributed by atoms with Crippen LogP contribution in [0.1, 0.15) is 26.2 Å². The number of carbonyl (C=O) groups is 1. The first-order chi connectivity index (χ1) is 5.81. The van der Waals surface area contributed by atoms with E-state index >= 15 is 0 Å². The molecule has 0 heterocycles. The standard InChI is InChI=1S/C10H16O2/c1-3-4-5-6-7-8-9-10(11)12-2/h3-6H,7-9H2,1-2H3/b4-3-,6-5-. The van der Waals surface area contributed by atoms with Crippen LogP contribution in [-0.4, -0.2) is 13.1 Å². The summed E-state index contributed by atoms with van der Waals surface area (Å²) in [4.78, 5) is 10.6. The molecule has 0 aliphatic rings. The van der Waals surface area contributed by atoms with Crippen LogP contribution in [0.5, 0.6) is 0 Å². The topological polar surface area (TPSA) is 26.3 Å². The molecule has 68 valence electrons. The second kappa shape index (κ2) is 8.05. The Hall–Kier alpha value is -1.05. The fourth-order valence-electron chi connectivity index (χ4n) is 0.752. The predicted octanol–water partition coefficient (Wildman–Crippen LogP) is 2.46. The van der Waals surface area contributed by atoms with E-state index in [2.05, 4.69) is 4.74 Å². The van der Waals surface area contributed by atoms with Gasteiger partial charge in [0, 0.05) is 6.42 Å². The molecule has 0 aromatic rings. The average Bonchev–Trinajstić information content (AvgIpc) is 2.10. The molecule has 0 bridgehead atoms. The van der Waals surface area contributed by atoms with E-state index < -0.39 is 0 Å². The van der Waals surface area contributed by atoms with Crippen molar-refractivity contribution in [2.45, 2.75) is 26.2 Å². The molecule has 0 unspecified atom stereocenters. The van der Waals surface area contributed by atoms with Gasteiger partial charge in [-0.3, -0.25) is 4.79 Å². The van der Waals surface area contributed by atoms with E-state index in [1.807, 2.05) is 31.2 Å². The van der Waals surface area contributed by atoms with Crippen LogP contribution in [0, 0.1) is 0 Å². The number of unbranched alkanes of at least 4 members (excludes halogenated alkanes) is 1. The maximum atomic E-state index is 10.6. The molecule has 0 atom stereocenters. The van der Waals surface area contributed by atoms with E-state index in [1.165, 1.54) is 7.11 Å². The minimum atomic E-state index is -0.130. The molecule has 2 heteroatoms. The monoisotopic (exact) mass is 168 g/mol. The summed E-state index contributed by atoms with van der Waals surface area (Å²) in [6.45, 7) is 1.97. The van der Waals surface area contributed by atoms with Crippen molar-refractivity contribution in [2.75, 3.05) is 7.11 Å². The first-order valence-corrected chi connectivity index (χ1v) is 4.16. The number of hydrogen-bond donors (Lipinski definition) is 0. The van der Waals surface area contributed by atoms with Crippen molar-refractivity contribution in [3.8, 4) is 0 Å². The van der Waals surface area contributed by atoms with Crippen LogP contribution in [0.3, 0.4) is 0 Å². The van der Waals surface area contributed by atoms with Crippen molar-refractivity contribution in [1.29, 1.82) is 0 Å². The first kappa shape index (κ1) is 11.0. The van der Waals surface area contributed by atoms with E-state index in [4.69, 9.17) is 0 Å². The van der Waals surface area contributed by atoms with Gasteiger partial charge in [0.15, 0.2) is 0 Å². The number of esters is 1. The second-order valence-corrected chi connectivity index (χ2v) is 2.42. The van der Waals surface area contributed by atoms with Gasteiger partial charge < -0.3 is 4.74 Å². The first-order valence-electron chi connectivity index (χ1n) is 4.16. The van der Waals surface area contributed by atoms with Gasteiger partial charge in [0.25, 0.3) is 0 Å². The predicted molar refractivity (Wildman–Crippen MR) is 49.8 cm³/mol. The van der Waals surface area contributed by atoms with Crippen molar-refractivity contribution < 1.29 is 9.53 Å². The van der Waals surface area contributed by atoms with Gasteiger partial charge in [-0.05, 0) is 19.8 Å². The third-order valence-corrected chi connectivity index (χ3v) is 1.42. The molecule has 0 aromatic heterocycles. The number of ether oxygens (including phenoxy) is 1. The largest absolute Gasteiger partial charge is 0.469 e. The Balaban J connectivity index is 3.26. The highest BCUT2D eigenvalue weighted by Crippen LogP contribution is 1.98. The zero-order valence-electron chi connectivity index (χ0n) is 7.75. The number of allylic oxidation sites excluding steroid dienone is 4. The Morgan fingerprint density at radius 1 is 1.42 bits per heavy atom. The molecule has 0 saturated carbocycles. The Labute approximate surface area is 73.9 Å². The molecule has 0 rings (SSSR count). The fourth-order valence-corrected chi connectivity index (χ4v) is 0.752. The van der Waals surface area contributed by atoms with Crippen molar-refractivity contribution in [1.82, 2.24) is 0 Å². The van der Waals surface area contributed by atoms with Crippen LogP contribution in [0.25, 0.3) is 0 Å². The van der Waals surface area contributed by atoms with Gasteiger partial charge in [-0.25, -0.2) is 0 Å². The molecular weight excluding hydrogens is 152 g/mol. The molecule has 12 heavy (non-hydrogen) atoms. The Morgan fingerprint density at radius 2 is 2.17 bits per heavy atom. The highest BCUT2D eigenvalue weighted by Gasteiger charge is 1.96. The number of hydrogen-bond acceptors (Lipinski definition) is 2. The third-order valence-electron chi connectivity index (χ3n) is 1.42. The molecule has 0 spiro atoms. The lowest BCUT2D eigenvalue weighted by Crippen LogP contribution is -1.98. The second-order valence-electron chi connectivity index (χ2n) is 2.42. The van der Waals surface area contributed by atoms with Crippen molar-refractivity contribution in [2.24, 2.45) is 0 Å². The lowest BCUT2D eigenvalue weighted by Gasteiger charge is -1.94. The maximum absolute atomic E-state index is 10.6. The molecule has 0 N–H and O–H groups in total. The van der Waals surface area contributed by atoms with Crippen LogP contribution in [0.4, 0.5) is 0 Å². The summed E-state index contributed by atoms with van der Waals surface area (Å²) in [6.07, 6.45) is 10.3. The minimum absolute atomic E-state index is 0.130. The molecule has 0 aromatic carbocycles. The minimum Gasteiger partial charge on any atom is -0.469 e. The third kappa shape index (κ3) is 7.06. The average molecular weight is 168 g/mol. The summed E-state index contributed by atoms with van der Waals surface area (Å²) in [5, 5.41) is 0. The fraction of sp³-hybridized carbons (Fsp3) is 0.500. The molecule has 0 fully saturated rings. The molecular formula is C10H16O2. The van der Waals surface area contributed by atoms with Crippen LogP contribution in [-0.2, 0) is 9.53 Å². The quantitative estimate of drug-likeness (QED) is 0.358. The van der Waals surface area contributed by atoms with E-state index in [0.29, 0.717) is 6.42 Å². The van der Waals surface area contributed by atoms with Gasteiger partial charge in [0.1, 0.15) is 0 Å². The zero-order chi connectivity index (χ0) is 9.23. The Kier molecular flexibility index (Phi) is 7.35. The molecule has 0 saturated heterocycles. The summed E-state index contributed by atoms with van der Waals surface area (Å²) in [5.74, 6) is -0.130. The Morgan fingerprint density at radius 3 is 2.75 bits per heavy atom. The van der Waals surface area contributed by atoms with E-state index in [1.54, 1.807) is 0 Å². The van der Waals surface area contributed by atoms with Crippen LogP contribution < -0.4 is 0 Å². The van der Waals surface area contributed by atoms with Crippen molar-refractivity contribution >= 4 is 5.97 Å². The summed E-state index contributed by atoms with van der Waals surface area (Å²) in [7, 11) is 1.41. The number of methoxy groups -OCH3 is 1. The lowest BCUT2D eigenvalue weighted by atomic mass is 10.2. The summed E-state index contributed by atoms with van der Waals surface area (Å²) < 4.78 is 4.50. The van der Waals surface area contributed by atoms with Gasteiger partial charge >= 0.3 is 5.97 Å². The molecule has 0 amide bonds. The smallest absolute Gasteiger partial charge is 0.305 e. The van der Waals surface area contributed by atoms with E-state index in [-0.39, 0.29) is 5.97 Å². The zero-order valence-corrected chi connectivity index (χ0v) is 7.75. The van der Waals surface area contributed by atoms with Crippen molar-refractivity contribution in [3.63, 3.8) is 0 Å². The summed E-state index contributed by atoms with van der Waals surface area (Å²) in [6, 6.07) is 0.